The zero-order chi connectivity index (χ0) is 11.1. The van der Waals surface area contributed by atoms with Crippen molar-refractivity contribution in [2.75, 3.05) is 0 Å². The van der Waals surface area contributed by atoms with Gasteiger partial charge in [0.05, 0.1) is 0 Å². The Morgan fingerprint density at radius 3 is 2.53 bits per heavy atom. The predicted molar refractivity (Wildman–Crippen MR) is 61.6 cm³/mol. The van der Waals surface area contributed by atoms with Crippen LogP contribution in [0.15, 0.2) is 0 Å². The van der Waals surface area contributed by atoms with E-state index in [1.807, 2.05) is 0 Å². The van der Waals surface area contributed by atoms with Crippen LogP contribution in [0.1, 0.15) is 58.8 Å². The van der Waals surface area contributed by atoms with Crippen LogP contribution in [-0.2, 0) is 9.53 Å². The van der Waals surface area contributed by atoms with Gasteiger partial charge in [-0.05, 0) is 37.5 Å². The first-order valence-corrected chi connectivity index (χ1v) is 6.37. The van der Waals surface area contributed by atoms with Gasteiger partial charge < -0.3 is 4.74 Å². The van der Waals surface area contributed by atoms with Crippen LogP contribution >= 0.6 is 0 Å². The van der Waals surface area contributed by atoms with E-state index >= 15 is 0 Å². The molecule has 1 fully saturated rings. The average Bonchev–Trinajstić information content (AvgIpc) is 2.27. The van der Waals surface area contributed by atoms with E-state index in [0.717, 1.165) is 24.7 Å². The Balaban J connectivity index is 2.20. The summed E-state index contributed by atoms with van der Waals surface area (Å²) in [6.07, 6.45) is 8.84. The average molecular weight is 212 g/mol. The highest BCUT2D eigenvalue weighted by atomic mass is 16.5. The Bertz CT molecular complexity index is 171. The number of rotatable bonds is 6. The highest BCUT2D eigenvalue weighted by molar-refractivity contribution is 5.37. The third-order valence-corrected chi connectivity index (χ3v) is 3.78. The summed E-state index contributed by atoms with van der Waals surface area (Å²) in [6, 6.07) is 0. The molecule has 1 aliphatic rings. The van der Waals surface area contributed by atoms with Gasteiger partial charge in [-0.3, -0.25) is 4.79 Å². The van der Waals surface area contributed by atoms with E-state index in [1.165, 1.54) is 32.1 Å². The lowest BCUT2D eigenvalue weighted by molar-refractivity contribution is -0.135. The summed E-state index contributed by atoms with van der Waals surface area (Å²) in [5, 5.41) is 0. The molecule has 0 spiro atoms. The Morgan fingerprint density at radius 1 is 1.33 bits per heavy atom. The lowest BCUT2D eigenvalue weighted by Gasteiger charge is -2.31. The van der Waals surface area contributed by atoms with Gasteiger partial charge in [0.1, 0.15) is 6.10 Å². The fourth-order valence-electron chi connectivity index (χ4n) is 2.63. The maximum absolute atomic E-state index is 10.2. The van der Waals surface area contributed by atoms with E-state index in [0.29, 0.717) is 6.47 Å². The third-order valence-electron chi connectivity index (χ3n) is 3.78. The predicted octanol–water partition coefficient (Wildman–Crippen LogP) is 3.54. The summed E-state index contributed by atoms with van der Waals surface area (Å²) in [5.41, 5.74) is 0. The van der Waals surface area contributed by atoms with Crippen molar-refractivity contribution in [2.24, 2.45) is 11.8 Å². The van der Waals surface area contributed by atoms with Gasteiger partial charge in [0.15, 0.2) is 0 Å². The normalized spacial score (nSPS) is 28.4. The highest BCUT2D eigenvalue weighted by Crippen LogP contribution is 2.33. The lowest BCUT2D eigenvalue weighted by atomic mass is 9.78. The SMILES string of the molecule is CCCCC(C)C1CCC(OC=O)CC1. The van der Waals surface area contributed by atoms with Crippen LogP contribution in [0.5, 0.6) is 0 Å². The van der Waals surface area contributed by atoms with Crippen LogP contribution < -0.4 is 0 Å². The molecule has 1 rings (SSSR count). The quantitative estimate of drug-likeness (QED) is 0.629. The molecule has 1 unspecified atom stereocenters. The van der Waals surface area contributed by atoms with Crippen molar-refractivity contribution in [1.29, 1.82) is 0 Å². The van der Waals surface area contributed by atoms with Crippen LogP contribution in [-0.4, -0.2) is 12.6 Å². The first-order chi connectivity index (χ1) is 7.27. The zero-order valence-corrected chi connectivity index (χ0v) is 10.1. The molecule has 0 aromatic rings. The van der Waals surface area contributed by atoms with Crippen LogP contribution in [0.4, 0.5) is 0 Å². The maximum atomic E-state index is 10.2. The molecule has 0 aliphatic heterocycles. The Kier molecular flexibility index (Phi) is 5.74. The van der Waals surface area contributed by atoms with Gasteiger partial charge in [0, 0.05) is 0 Å². The molecule has 1 aliphatic carbocycles. The Hall–Kier alpha value is -0.530. The van der Waals surface area contributed by atoms with Gasteiger partial charge in [-0.15, -0.1) is 0 Å². The monoisotopic (exact) mass is 212 g/mol. The first-order valence-electron chi connectivity index (χ1n) is 6.37. The maximum Gasteiger partial charge on any atom is 0.293 e. The molecule has 0 bridgehead atoms. The van der Waals surface area contributed by atoms with Gasteiger partial charge >= 0.3 is 0 Å². The second-order valence-electron chi connectivity index (χ2n) is 4.89. The molecule has 88 valence electrons. The van der Waals surface area contributed by atoms with Gasteiger partial charge in [0.2, 0.25) is 0 Å². The lowest BCUT2D eigenvalue weighted by Crippen LogP contribution is -2.24. The van der Waals surface area contributed by atoms with Gasteiger partial charge in [-0.2, -0.15) is 0 Å². The number of carbonyl (C=O) groups excluding carboxylic acids is 1. The zero-order valence-electron chi connectivity index (χ0n) is 10.1. The molecule has 1 saturated carbocycles. The molecule has 0 heterocycles. The molecule has 0 aromatic carbocycles. The van der Waals surface area contributed by atoms with Gasteiger partial charge in [-0.25, -0.2) is 0 Å². The van der Waals surface area contributed by atoms with Crippen LogP contribution in [0.2, 0.25) is 0 Å². The molecular weight excluding hydrogens is 188 g/mol. The molecule has 2 nitrogen and oxygen atoms in total. The van der Waals surface area contributed by atoms with Crippen molar-refractivity contribution in [3.8, 4) is 0 Å². The summed E-state index contributed by atoms with van der Waals surface area (Å²) < 4.78 is 5.01. The van der Waals surface area contributed by atoms with E-state index < -0.39 is 0 Å². The Labute approximate surface area is 93.4 Å². The summed E-state index contributed by atoms with van der Waals surface area (Å²) in [4.78, 5) is 10.2. The second kappa shape index (κ2) is 6.86. The summed E-state index contributed by atoms with van der Waals surface area (Å²) in [7, 11) is 0. The minimum atomic E-state index is 0.206. The number of carbonyl (C=O) groups is 1. The van der Waals surface area contributed by atoms with Crippen molar-refractivity contribution in [3.63, 3.8) is 0 Å². The van der Waals surface area contributed by atoms with E-state index in [1.54, 1.807) is 0 Å². The van der Waals surface area contributed by atoms with E-state index in [-0.39, 0.29) is 6.10 Å². The molecule has 0 radical (unpaired) electrons. The summed E-state index contributed by atoms with van der Waals surface area (Å²) in [5.74, 6) is 1.71. The fourth-order valence-corrected chi connectivity index (χ4v) is 2.63. The van der Waals surface area contributed by atoms with Crippen molar-refractivity contribution in [2.45, 2.75) is 64.9 Å². The molecule has 0 aromatic heterocycles. The smallest absolute Gasteiger partial charge is 0.293 e. The van der Waals surface area contributed by atoms with Crippen LogP contribution in [0, 0.1) is 11.8 Å². The Morgan fingerprint density at radius 2 is 2.00 bits per heavy atom. The van der Waals surface area contributed by atoms with Gasteiger partial charge in [-0.1, -0.05) is 33.1 Å². The van der Waals surface area contributed by atoms with Crippen molar-refractivity contribution < 1.29 is 9.53 Å². The van der Waals surface area contributed by atoms with E-state index in [4.69, 9.17) is 4.74 Å². The number of unbranched alkanes of at least 4 members (excludes halogenated alkanes) is 1. The fraction of sp³-hybridized carbons (Fsp3) is 0.923. The molecule has 1 atom stereocenters. The minimum Gasteiger partial charge on any atom is -0.465 e. The van der Waals surface area contributed by atoms with Crippen molar-refractivity contribution in [3.05, 3.63) is 0 Å². The molecule has 0 N–H and O–H groups in total. The van der Waals surface area contributed by atoms with Crippen LogP contribution in [0.25, 0.3) is 0 Å². The second-order valence-corrected chi connectivity index (χ2v) is 4.89. The largest absolute Gasteiger partial charge is 0.465 e. The topological polar surface area (TPSA) is 26.3 Å². The van der Waals surface area contributed by atoms with Crippen molar-refractivity contribution >= 4 is 6.47 Å². The third kappa shape index (κ3) is 4.23. The molecular formula is C13H24O2. The number of hydrogen-bond donors (Lipinski definition) is 0. The summed E-state index contributed by atoms with van der Waals surface area (Å²) in [6.45, 7) is 5.23. The molecule has 2 heteroatoms. The summed E-state index contributed by atoms with van der Waals surface area (Å²) >= 11 is 0. The van der Waals surface area contributed by atoms with Crippen LogP contribution in [0.3, 0.4) is 0 Å². The molecule has 0 amide bonds. The standard InChI is InChI=1S/C13H24O2/c1-3-4-5-11(2)12-6-8-13(9-7-12)15-10-14/h10-13H,3-9H2,1-2H3. The number of ether oxygens (including phenoxy) is 1. The minimum absolute atomic E-state index is 0.206. The molecule has 0 saturated heterocycles. The van der Waals surface area contributed by atoms with E-state index in [2.05, 4.69) is 13.8 Å². The number of hydrogen-bond acceptors (Lipinski definition) is 2. The highest BCUT2D eigenvalue weighted by Gasteiger charge is 2.25. The van der Waals surface area contributed by atoms with E-state index in [9.17, 15) is 4.79 Å². The van der Waals surface area contributed by atoms with Gasteiger partial charge in [0.25, 0.3) is 6.47 Å². The first kappa shape index (κ1) is 12.5. The van der Waals surface area contributed by atoms with Crippen molar-refractivity contribution in [1.82, 2.24) is 0 Å². The molecule has 15 heavy (non-hydrogen) atoms.